The maximum Gasteiger partial charge on any atom is 0.431 e. The first kappa shape index (κ1) is 16.9. The van der Waals surface area contributed by atoms with Crippen molar-refractivity contribution in [3.63, 3.8) is 0 Å². The van der Waals surface area contributed by atoms with Gasteiger partial charge in [-0.25, -0.2) is 14.5 Å². The molecule has 0 radical (unpaired) electrons. The second-order valence-corrected chi connectivity index (χ2v) is 5.36. The van der Waals surface area contributed by atoms with Crippen molar-refractivity contribution in [2.45, 2.75) is 6.18 Å². The van der Waals surface area contributed by atoms with Crippen LogP contribution in [0.5, 0.6) is 0 Å². The van der Waals surface area contributed by atoms with Gasteiger partial charge in [0.2, 0.25) is 0 Å². The van der Waals surface area contributed by atoms with Crippen LogP contribution >= 0.6 is 11.6 Å². The molecule has 0 spiro atoms. The molecule has 2 heterocycles. The van der Waals surface area contributed by atoms with Gasteiger partial charge in [-0.15, -0.1) is 5.10 Å². The van der Waals surface area contributed by atoms with E-state index < -0.39 is 23.1 Å². The summed E-state index contributed by atoms with van der Waals surface area (Å²) in [4.78, 5) is 24.4. The van der Waals surface area contributed by atoms with E-state index >= 15 is 0 Å². The van der Waals surface area contributed by atoms with Gasteiger partial charge in [-0.3, -0.25) is 9.36 Å². The molecule has 12 heteroatoms. The summed E-state index contributed by atoms with van der Waals surface area (Å²) in [6.07, 6.45) is -4.83. The van der Waals surface area contributed by atoms with Crippen LogP contribution in [0, 0.1) is 0 Å². The second-order valence-electron chi connectivity index (χ2n) is 4.96. The minimum atomic E-state index is -4.83. The Morgan fingerprint density at radius 3 is 2.52 bits per heavy atom. The number of nitrogens with zero attached hydrogens (tertiary/aromatic N) is 5. The van der Waals surface area contributed by atoms with Gasteiger partial charge >= 0.3 is 11.9 Å². The maximum absolute atomic E-state index is 12.9. The Morgan fingerprint density at radius 2 is 1.92 bits per heavy atom. The third-order valence-electron chi connectivity index (χ3n) is 3.42. The number of benzene rings is 1. The standard InChI is InChI=1S/C13H8ClF3N6O2/c1-22-9(13(15,16)17)5-10(24)23(12(22)25)6-2-3-8(14)7(4-6)11-18-20-21-19-11/h2-5H,1H3,(H,18,19,20,21). The van der Waals surface area contributed by atoms with Gasteiger partial charge in [-0.05, 0) is 28.6 Å². The van der Waals surface area contributed by atoms with Crippen molar-refractivity contribution >= 4 is 11.6 Å². The summed E-state index contributed by atoms with van der Waals surface area (Å²) in [5, 5.41) is 13.1. The van der Waals surface area contributed by atoms with Gasteiger partial charge in [0.1, 0.15) is 5.69 Å². The van der Waals surface area contributed by atoms with E-state index in [1.165, 1.54) is 18.2 Å². The fourth-order valence-electron chi connectivity index (χ4n) is 2.24. The summed E-state index contributed by atoms with van der Waals surface area (Å²) in [5.41, 5.74) is -3.32. The molecular formula is C13H8ClF3N6O2. The largest absolute Gasteiger partial charge is 0.431 e. The van der Waals surface area contributed by atoms with Crippen LogP contribution in [0.1, 0.15) is 5.69 Å². The molecule has 3 rings (SSSR count). The smallest absolute Gasteiger partial charge is 0.292 e. The molecule has 0 saturated heterocycles. The number of tetrazole rings is 1. The first-order chi connectivity index (χ1) is 11.7. The molecule has 0 bridgehead atoms. The van der Waals surface area contributed by atoms with E-state index in [9.17, 15) is 22.8 Å². The van der Waals surface area contributed by atoms with Gasteiger partial charge in [-0.2, -0.15) is 13.2 Å². The predicted molar refractivity (Wildman–Crippen MR) is 80.5 cm³/mol. The third-order valence-corrected chi connectivity index (χ3v) is 3.75. The highest BCUT2D eigenvalue weighted by molar-refractivity contribution is 6.33. The van der Waals surface area contributed by atoms with Crippen LogP contribution in [0.2, 0.25) is 5.02 Å². The number of hydrogen-bond donors (Lipinski definition) is 1. The zero-order valence-corrected chi connectivity index (χ0v) is 13.1. The van der Waals surface area contributed by atoms with Gasteiger partial charge in [0.25, 0.3) is 5.56 Å². The minimum absolute atomic E-state index is 0.0233. The molecule has 0 aliphatic rings. The lowest BCUT2D eigenvalue weighted by Gasteiger charge is -2.14. The van der Waals surface area contributed by atoms with Crippen molar-refractivity contribution in [2.75, 3.05) is 0 Å². The molecule has 0 aliphatic heterocycles. The van der Waals surface area contributed by atoms with Crippen molar-refractivity contribution in [3.8, 4) is 17.1 Å². The average Bonchev–Trinajstić information content (AvgIpc) is 3.05. The molecule has 3 aromatic rings. The highest BCUT2D eigenvalue weighted by Crippen LogP contribution is 2.28. The summed E-state index contributed by atoms with van der Waals surface area (Å²) in [6, 6.07) is 4.37. The Balaban J connectivity index is 2.25. The summed E-state index contributed by atoms with van der Waals surface area (Å²) in [6.45, 7) is 0. The van der Waals surface area contributed by atoms with Crippen molar-refractivity contribution in [1.29, 1.82) is 0 Å². The SMILES string of the molecule is Cn1c(C(F)(F)F)cc(=O)n(-c2ccc(Cl)c(-c3nnn[nH]3)c2)c1=O. The Morgan fingerprint density at radius 1 is 1.20 bits per heavy atom. The van der Waals surface area contributed by atoms with E-state index in [1.807, 2.05) is 0 Å². The van der Waals surface area contributed by atoms with Gasteiger partial charge in [0.15, 0.2) is 5.82 Å². The molecule has 1 aromatic carbocycles. The van der Waals surface area contributed by atoms with Crippen LogP contribution in [0.25, 0.3) is 17.1 Å². The van der Waals surface area contributed by atoms with E-state index in [1.54, 1.807) is 0 Å². The summed E-state index contributed by atoms with van der Waals surface area (Å²) in [7, 11) is 0.929. The van der Waals surface area contributed by atoms with Crippen molar-refractivity contribution < 1.29 is 13.2 Å². The van der Waals surface area contributed by atoms with Crippen LogP contribution in [-0.2, 0) is 13.2 Å². The zero-order valence-electron chi connectivity index (χ0n) is 12.4. The van der Waals surface area contributed by atoms with Crippen LogP contribution in [-0.4, -0.2) is 29.8 Å². The lowest BCUT2D eigenvalue weighted by atomic mass is 10.2. The molecular weight excluding hydrogens is 365 g/mol. The molecule has 2 aromatic heterocycles. The number of H-pyrrole nitrogens is 1. The van der Waals surface area contributed by atoms with Gasteiger partial charge in [0.05, 0.1) is 10.7 Å². The molecule has 0 saturated carbocycles. The Bertz CT molecular complexity index is 1060. The fourth-order valence-corrected chi connectivity index (χ4v) is 2.45. The molecule has 0 fully saturated rings. The fraction of sp³-hybridized carbons (Fsp3) is 0.154. The predicted octanol–water partition coefficient (Wildman–Crippen LogP) is 1.39. The average molecular weight is 373 g/mol. The topological polar surface area (TPSA) is 98.5 Å². The normalized spacial score (nSPS) is 11.7. The molecule has 0 atom stereocenters. The second kappa shape index (κ2) is 5.84. The summed E-state index contributed by atoms with van der Waals surface area (Å²) < 4.78 is 39.6. The van der Waals surface area contributed by atoms with Crippen molar-refractivity contribution in [1.82, 2.24) is 29.8 Å². The molecule has 8 nitrogen and oxygen atoms in total. The van der Waals surface area contributed by atoms with Gasteiger partial charge in [-0.1, -0.05) is 11.6 Å². The minimum Gasteiger partial charge on any atom is -0.292 e. The first-order valence-electron chi connectivity index (χ1n) is 6.64. The number of rotatable bonds is 2. The quantitative estimate of drug-likeness (QED) is 0.733. The first-order valence-corrected chi connectivity index (χ1v) is 7.02. The molecule has 0 unspecified atom stereocenters. The van der Waals surface area contributed by atoms with Gasteiger partial charge < -0.3 is 0 Å². The maximum atomic E-state index is 12.9. The number of aromatic nitrogens is 6. The monoisotopic (exact) mass is 372 g/mol. The van der Waals surface area contributed by atoms with Crippen molar-refractivity contribution in [3.05, 3.63) is 55.8 Å². The summed E-state index contributed by atoms with van der Waals surface area (Å²) >= 11 is 6.04. The number of hydrogen-bond acceptors (Lipinski definition) is 5. The van der Waals surface area contributed by atoms with E-state index in [0.29, 0.717) is 15.2 Å². The molecule has 130 valence electrons. The molecule has 1 N–H and O–H groups in total. The zero-order chi connectivity index (χ0) is 18.4. The third kappa shape index (κ3) is 2.93. The number of alkyl halides is 3. The lowest BCUT2D eigenvalue weighted by molar-refractivity contribution is -0.144. The molecule has 0 amide bonds. The number of nitrogens with one attached hydrogen (secondary N) is 1. The van der Waals surface area contributed by atoms with Gasteiger partial charge in [0, 0.05) is 18.7 Å². The van der Waals surface area contributed by atoms with Crippen LogP contribution in [0.15, 0.2) is 33.9 Å². The Labute approximate surface area is 141 Å². The van der Waals surface area contributed by atoms with Crippen LogP contribution in [0.4, 0.5) is 13.2 Å². The lowest BCUT2D eigenvalue weighted by Crippen LogP contribution is -2.40. The number of halogens is 4. The summed E-state index contributed by atoms with van der Waals surface area (Å²) in [5.74, 6) is 0.170. The van der Waals surface area contributed by atoms with E-state index in [0.717, 1.165) is 7.05 Å². The van der Waals surface area contributed by atoms with Crippen LogP contribution in [0.3, 0.4) is 0 Å². The highest BCUT2D eigenvalue weighted by Gasteiger charge is 2.35. The highest BCUT2D eigenvalue weighted by atomic mass is 35.5. The Hall–Kier alpha value is -2.95. The number of aromatic amines is 1. The molecule has 0 aliphatic carbocycles. The Kier molecular flexibility index (Phi) is 3.95. The van der Waals surface area contributed by atoms with Crippen molar-refractivity contribution in [2.24, 2.45) is 7.05 Å². The van der Waals surface area contributed by atoms with Crippen LogP contribution < -0.4 is 11.2 Å². The van der Waals surface area contributed by atoms with E-state index in [4.69, 9.17) is 11.6 Å². The van der Waals surface area contributed by atoms with E-state index in [-0.39, 0.29) is 22.1 Å². The van der Waals surface area contributed by atoms with E-state index in [2.05, 4.69) is 20.6 Å². The molecule has 25 heavy (non-hydrogen) atoms.